The average Bonchev–Trinajstić information content (AvgIpc) is 3.04. The minimum atomic E-state index is -0.265. The monoisotopic (exact) mass is 465 g/mol. The van der Waals surface area contributed by atoms with E-state index in [9.17, 15) is 4.79 Å². The van der Waals surface area contributed by atoms with Gasteiger partial charge in [-0.15, -0.1) is 0 Å². The number of hydrogen-bond donors (Lipinski definition) is 2. The molecule has 8 heteroatoms. The van der Waals surface area contributed by atoms with E-state index in [1.807, 2.05) is 48.9 Å². The van der Waals surface area contributed by atoms with Crippen LogP contribution in [-0.2, 0) is 7.05 Å². The van der Waals surface area contributed by atoms with Crippen molar-refractivity contribution in [2.24, 2.45) is 7.05 Å². The summed E-state index contributed by atoms with van der Waals surface area (Å²) in [5, 5.41) is 5.92. The van der Waals surface area contributed by atoms with Crippen LogP contribution >= 0.6 is 15.9 Å². The van der Waals surface area contributed by atoms with Gasteiger partial charge in [0.05, 0.1) is 16.7 Å². The second-order valence-electron chi connectivity index (χ2n) is 6.81. The molecule has 0 aliphatic heterocycles. The minimum Gasteiger partial charge on any atom is -0.457 e. The second kappa shape index (κ2) is 8.16. The van der Waals surface area contributed by atoms with Gasteiger partial charge in [-0.25, -0.2) is 4.98 Å². The van der Waals surface area contributed by atoms with Crippen molar-refractivity contribution in [3.63, 3.8) is 0 Å². The number of nitrogens with zero attached hydrogens (tertiary/aromatic N) is 3. The summed E-state index contributed by atoms with van der Waals surface area (Å²) in [5.41, 5.74) is 4.17. The first-order valence-electron chi connectivity index (χ1n) is 9.30. The van der Waals surface area contributed by atoms with Crippen molar-refractivity contribution in [2.75, 3.05) is 12.4 Å². The molecule has 0 fully saturated rings. The van der Waals surface area contributed by atoms with Crippen LogP contribution in [0.1, 0.15) is 16.1 Å². The predicted octanol–water partition coefficient (Wildman–Crippen LogP) is 4.93. The molecule has 2 heterocycles. The van der Waals surface area contributed by atoms with Gasteiger partial charge in [-0.2, -0.15) is 0 Å². The van der Waals surface area contributed by atoms with Crippen molar-refractivity contribution in [3.8, 4) is 11.5 Å². The first-order valence-corrected chi connectivity index (χ1v) is 10.1. The van der Waals surface area contributed by atoms with Crippen molar-refractivity contribution in [2.45, 2.75) is 6.92 Å². The largest absolute Gasteiger partial charge is 0.457 e. The summed E-state index contributed by atoms with van der Waals surface area (Å²) in [6.45, 7) is 2.05. The van der Waals surface area contributed by atoms with Crippen LogP contribution in [0, 0.1) is 6.92 Å². The lowest BCUT2D eigenvalue weighted by atomic mass is 10.2. The summed E-state index contributed by atoms with van der Waals surface area (Å²) in [6.07, 6.45) is 1.54. The maximum absolute atomic E-state index is 11.8. The number of rotatable bonds is 5. The van der Waals surface area contributed by atoms with E-state index in [0.29, 0.717) is 17.2 Å². The Morgan fingerprint density at radius 1 is 1.10 bits per heavy atom. The fraction of sp³-hybridized carbons (Fsp3) is 0.136. The number of imidazole rings is 1. The van der Waals surface area contributed by atoms with Crippen LogP contribution in [-0.4, -0.2) is 27.5 Å². The molecule has 2 aromatic heterocycles. The number of hydrogen-bond acceptors (Lipinski definition) is 5. The molecule has 2 aromatic carbocycles. The van der Waals surface area contributed by atoms with Gasteiger partial charge in [-0.3, -0.25) is 9.78 Å². The lowest BCUT2D eigenvalue weighted by Crippen LogP contribution is -2.18. The summed E-state index contributed by atoms with van der Waals surface area (Å²) in [6, 6.07) is 15.1. The molecule has 7 nitrogen and oxygen atoms in total. The maximum Gasteiger partial charge on any atom is 0.269 e. The second-order valence-corrected chi connectivity index (χ2v) is 7.67. The molecule has 4 rings (SSSR count). The highest BCUT2D eigenvalue weighted by molar-refractivity contribution is 9.10. The number of aryl methyl sites for hydroxylation is 2. The van der Waals surface area contributed by atoms with Crippen LogP contribution in [0.4, 0.5) is 11.6 Å². The number of halogens is 1. The van der Waals surface area contributed by atoms with Crippen LogP contribution in [0.25, 0.3) is 11.0 Å². The maximum atomic E-state index is 11.8. The fourth-order valence-electron chi connectivity index (χ4n) is 3.06. The summed E-state index contributed by atoms with van der Waals surface area (Å²) < 4.78 is 8.89. The van der Waals surface area contributed by atoms with Crippen LogP contribution < -0.4 is 15.4 Å². The highest BCUT2D eigenvalue weighted by atomic mass is 79.9. The normalized spacial score (nSPS) is 10.8. The highest BCUT2D eigenvalue weighted by Gasteiger charge is 2.12. The standard InChI is InChI=1S/C22H20BrN5O2/c1-13-4-6-17(16(23)10-13)26-22-27-18-11-14(5-7-20(18)28(22)3)30-15-8-9-25-19(12-15)21(29)24-2/h4-12H,1-3H3,(H,24,29)(H,26,27). The Bertz CT molecular complexity index is 1250. The van der Waals surface area contributed by atoms with Crippen LogP contribution in [0.15, 0.2) is 59.2 Å². The first-order chi connectivity index (χ1) is 14.4. The average molecular weight is 466 g/mol. The minimum absolute atomic E-state index is 0.265. The van der Waals surface area contributed by atoms with Crippen LogP contribution in [0.3, 0.4) is 0 Å². The molecular formula is C22H20BrN5O2. The summed E-state index contributed by atoms with van der Waals surface area (Å²) in [5.74, 6) is 1.61. The quantitative estimate of drug-likeness (QED) is 0.436. The Hall–Kier alpha value is -3.39. The molecule has 0 saturated carbocycles. The molecule has 0 unspecified atom stereocenters. The number of fused-ring (bicyclic) bond motifs is 1. The smallest absolute Gasteiger partial charge is 0.269 e. The van der Waals surface area contributed by atoms with Gasteiger partial charge in [-0.1, -0.05) is 6.07 Å². The molecule has 152 valence electrons. The molecule has 0 aliphatic carbocycles. The summed E-state index contributed by atoms with van der Waals surface area (Å²) >= 11 is 3.59. The molecule has 0 aliphatic rings. The zero-order valence-electron chi connectivity index (χ0n) is 16.7. The zero-order chi connectivity index (χ0) is 21.3. The summed E-state index contributed by atoms with van der Waals surface area (Å²) in [4.78, 5) is 20.5. The molecule has 0 saturated heterocycles. The predicted molar refractivity (Wildman–Crippen MR) is 121 cm³/mol. The third kappa shape index (κ3) is 3.99. The lowest BCUT2D eigenvalue weighted by Gasteiger charge is -2.09. The topological polar surface area (TPSA) is 81.1 Å². The Morgan fingerprint density at radius 2 is 1.90 bits per heavy atom. The fourth-order valence-corrected chi connectivity index (χ4v) is 3.65. The van der Waals surface area contributed by atoms with Gasteiger partial charge in [0.2, 0.25) is 5.95 Å². The molecule has 4 aromatic rings. The number of amides is 1. The van der Waals surface area contributed by atoms with Crippen molar-refractivity contribution >= 4 is 44.5 Å². The van der Waals surface area contributed by atoms with E-state index in [4.69, 9.17) is 9.72 Å². The van der Waals surface area contributed by atoms with Gasteiger partial charge in [0.1, 0.15) is 17.2 Å². The number of carbonyl (C=O) groups excluding carboxylic acids is 1. The first kappa shape index (κ1) is 19.9. The number of pyridine rings is 1. The number of ether oxygens (including phenoxy) is 1. The van der Waals surface area contributed by atoms with Crippen molar-refractivity contribution in [1.29, 1.82) is 0 Å². The van der Waals surface area contributed by atoms with Crippen molar-refractivity contribution < 1.29 is 9.53 Å². The van der Waals surface area contributed by atoms with Gasteiger partial charge < -0.3 is 19.9 Å². The third-order valence-corrected chi connectivity index (χ3v) is 5.31. The van der Waals surface area contributed by atoms with E-state index in [2.05, 4.69) is 37.6 Å². The molecule has 0 radical (unpaired) electrons. The van der Waals surface area contributed by atoms with Gasteiger partial charge in [-0.05, 0) is 58.7 Å². The molecule has 2 N–H and O–H groups in total. The number of aromatic nitrogens is 3. The van der Waals surface area contributed by atoms with Gasteiger partial charge in [0, 0.05) is 36.9 Å². The Morgan fingerprint density at radius 3 is 2.67 bits per heavy atom. The SMILES string of the molecule is CNC(=O)c1cc(Oc2ccc3c(c2)nc(Nc2ccc(C)cc2Br)n3C)ccn1. The number of carbonyl (C=O) groups is 1. The van der Waals surface area contributed by atoms with Gasteiger partial charge >= 0.3 is 0 Å². The Kier molecular flexibility index (Phi) is 5.41. The molecular weight excluding hydrogens is 446 g/mol. The molecule has 0 bridgehead atoms. The Labute approximate surface area is 182 Å². The lowest BCUT2D eigenvalue weighted by molar-refractivity contribution is 0.0958. The van der Waals surface area contributed by atoms with Gasteiger partial charge in [0.15, 0.2) is 0 Å². The molecule has 1 amide bonds. The molecule has 0 atom stereocenters. The third-order valence-electron chi connectivity index (χ3n) is 4.65. The van der Waals surface area contributed by atoms with E-state index >= 15 is 0 Å². The van der Waals surface area contributed by atoms with E-state index in [1.54, 1.807) is 25.4 Å². The molecule has 0 spiro atoms. The summed E-state index contributed by atoms with van der Waals surface area (Å²) in [7, 11) is 3.52. The van der Waals surface area contributed by atoms with Crippen LogP contribution in [0.2, 0.25) is 0 Å². The van der Waals surface area contributed by atoms with Crippen molar-refractivity contribution in [1.82, 2.24) is 19.9 Å². The highest BCUT2D eigenvalue weighted by Crippen LogP contribution is 2.30. The number of anilines is 2. The van der Waals surface area contributed by atoms with E-state index < -0.39 is 0 Å². The number of nitrogens with one attached hydrogen (secondary N) is 2. The Balaban J connectivity index is 1.61. The van der Waals surface area contributed by atoms with E-state index in [0.717, 1.165) is 27.1 Å². The van der Waals surface area contributed by atoms with Gasteiger partial charge in [0.25, 0.3) is 5.91 Å². The number of benzene rings is 2. The van der Waals surface area contributed by atoms with E-state index in [-0.39, 0.29) is 5.91 Å². The van der Waals surface area contributed by atoms with E-state index in [1.165, 1.54) is 5.56 Å². The molecule has 30 heavy (non-hydrogen) atoms. The zero-order valence-corrected chi connectivity index (χ0v) is 18.3. The van der Waals surface area contributed by atoms with Crippen LogP contribution in [0.5, 0.6) is 11.5 Å². The van der Waals surface area contributed by atoms with Crippen molar-refractivity contribution in [3.05, 3.63) is 70.5 Å².